The maximum Gasteiger partial charge on any atom is 0.253 e. The molecule has 0 atom stereocenters. The quantitative estimate of drug-likeness (QED) is 0.566. The molecule has 0 radical (unpaired) electrons. The van der Waals surface area contributed by atoms with Gasteiger partial charge in [-0.15, -0.1) is 11.3 Å². The Morgan fingerprint density at radius 3 is 2.22 bits per heavy atom. The number of rotatable bonds is 4. The van der Waals surface area contributed by atoms with E-state index in [1.807, 2.05) is 30.3 Å². The lowest BCUT2D eigenvalue weighted by molar-refractivity contribution is 0.410. The molecule has 0 aliphatic carbocycles. The molecule has 1 aromatic carbocycles. The number of nitrogens with zero attached hydrogens (tertiary/aromatic N) is 2. The largest absolute Gasteiger partial charge is 0.373 e. The molecule has 8 heteroatoms. The first-order valence-electron chi connectivity index (χ1n) is 6.50. The normalized spacial score (nSPS) is 10.8. The van der Waals surface area contributed by atoms with Gasteiger partial charge in [-0.1, -0.05) is 30.3 Å². The third kappa shape index (κ3) is 3.16. The van der Waals surface area contributed by atoms with Crippen LogP contribution in [0.2, 0.25) is 0 Å². The highest BCUT2D eigenvalue weighted by Gasteiger charge is 2.20. The third-order valence-corrected chi connectivity index (χ3v) is 3.88. The molecule has 0 bridgehead atoms. The molecule has 3 rings (SSSR count). The molecule has 0 unspecified atom stereocenters. The zero-order valence-electron chi connectivity index (χ0n) is 11.5. The molecule has 0 aliphatic heterocycles. The highest BCUT2D eigenvalue weighted by Crippen LogP contribution is 2.25. The van der Waals surface area contributed by atoms with Crippen LogP contribution >= 0.6 is 11.3 Å². The van der Waals surface area contributed by atoms with E-state index in [1.54, 1.807) is 5.38 Å². The topological polar surface area (TPSA) is 37.8 Å². The number of hydrogen-bond donors (Lipinski definition) is 1. The fourth-order valence-electron chi connectivity index (χ4n) is 1.94. The van der Waals surface area contributed by atoms with Crippen molar-refractivity contribution in [3.8, 4) is 11.3 Å². The number of anilines is 1. The minimum atomic E-state index is -1.70. The fourth-order valence-corrected chi connectivity index (χ4v) is 2.68. The van der Waals surface area contributed by atoms with Crippen LogP contribution in [-0.2, 0) is 6.54 Å². The summed E-state index contributed by atoms with van der Waals surface area (Å²) in [6.07, 6.45) is 0. The van der Waals surface area contributed by atoms with Crippen LogP contribution in [0.5, 0.6) is 0 Å². The Labute approximate surface area is 132 Å². The van der Waals surface area contributed by atoms with Crippen molar-refractivity contribution >= 4 is 17.0 Å². The van der Waals surface area contributed by atoms with Gasteiger partial charge in [0, 0.05) is 10.9 Å². The summed E-state index contributed by atoms with van der Waals surface area (Å²) in [5, 5.41) is 4.62. The van der Waals surface area contributed by atoms with Crippen molar-refractivity contribution in [2.24, 2.45) is 0 Å². The maximum atomic E-state index is 13.5. The molecule has 0 aliphatic rings. The van der Waals surface area contributed by atoms with E-state index in [1.165, 1.54) is 11.3 Å². The lowest BCUT2D eigenvalue weighted by atomic mass is 10.2. The SMILES string of the molecule is Fc1nc(F)c(F)c(NCc2nc(-c3ccccc3)cs2)c1F. The number of aromatic nitrogens is 2. The molecule has 23 heavy (non-hydrogen) atoms. The van der Waals surface area contributed by atoms with Gasteiger partial charge < -0.3 is 5.32 Å². The average Bonchev–Trinajstić information content (AvgIpc) is 3.03. The van der Waals surface area contributed by atoms with Crippen molar-refractivity contribution in [1.29, 1.82) is 0 Å². The van der Waals surface area contributed by atoms with Gasteiger partial charge in [0.25, 0.3) is 11.9 Å². The van der Waals surface area contributed by atoms with Gasteiger partial charge in [-0.2, -0.15) is 22.5 Å². The van der Waals surface area contributed by atoms with Crippen molar-refractivity contribution in [3.05, 3.63) is 64.2 Å². The minimum Gasteiger partial charge on any atom is -0.373 e. The molecule has 0 saturated carbocycles. The molecular formula is C15H9F4N3S. The predicted octanol–water partition coefficient (Wildman–Crippen LogP) is 4.37. The molecule has 2 heterocycles. The van der Waals surface area contributed by atoms with E-state index in [-0.39, 0.29) is 6.54 Å². The Bertz CT molecular complexity index is 810. The molecule has 3 nitrogen and oxygen atoms in total. The zero-order chi connectivity index (χ0) is 16.4. The first-order chi connectivity index (χ1) is 11.1. The molecule has 0 amide bonds. The Kier molecular flexibility index (Phi) is 4.24. The molecular weight excluding hydrogens is 330 g/mol. The highest BCUT2D eigenvalue weighted by molar-refractivity contribution is 7.09. The lowest BCUT2D eigenvalue weighted by Gasteiger charge is -2.07. The van der Waals surface area contributed by atoms with Gasteiger partial charge in [0.2, 0.25) is 11.6 Å². The first-order valence-corrected chi connectivity index (χ1v) is 7.38. The average molecular weight is 339 g/mol. The number of pyridine rings is 1. The molecule has 0 spiro atoms. The van der Waals surface area contributed by atoms with Crippen molar-refractivity contribution in [2.45, 2.75) is 6.54 Å². The van der Waals surface area contributed by atoms with Crippen molar-refractivity contribution in [2.75, 3.05) is 5.32 Å². The zero-order valence-corrected chi connectivity index (χ0v) is 12.3. The molecule has 1 N–H and O–H groups in total. The summed E-state index contributed by atoms with van der Waals surface area (Å²) in [4.78, 5) is 6.80. The van der Waals surface area contributed by atoms with Gasteiger partial charge in [0.1, 0.15) is 10.7 Å². The summed E-state index contributed by atoms with van der Waals surface area (Å²) in [5.74, 6) is -6.53. The Morgan fingerprint density at radius 1 is 0.913 bits per heavy atom. The number of nitrogens with one attached hydrogen (secondary N) is 1. The van der Waals surface area contributed by atoms with Crippen LogP contribution < -0.4 is 5.32 Å². The van der Waals surface area contributed by atoms with Crippen LogP contribution in [0.15, 0.2) is 35.7 Å². The van der Waals surface area contributed by atoms with Crippen LogP contribution in [0.4, 0.5) is 23.2 Å². The Morgan fingerprint density at radius 2 is 1.57 bits per heavy atom. The van der Waals surface area contributed by atoms with Gasteiger partial charge in [0.15, 0.2) is 0 Å². The molecule has 118 valence electrons. The summed E-state index contributed by atoms with van der Waals surface area (Å²) in [5.41, 5.74) is 0.709. The van der Waals surface area contributed by atoms with E-state index in [2.05, 4.69) is 15.3 Å². The molecule has 2 aromatic heterocycles. The second-order valence-electron chi connectivity index (χ2n) is 4.54. The summed E-state index contributed by atoms with van der Waals surface area (Å²) >= 11 is 1.26. The predicted molar refractivity (Wildman–Crippen MR) is 78.9 cm³/mol. The molecule has 0 fully saturated rings. The monoisotopic (exact) mass is 339 g/mol. The van der Waals surface area contributed by atoms with E-state index < -0.39 is 29.2 Å². The van der Waals surface area contributed by atoms with Crippen LogP contribution in [0.25, 0.3) is 11.3 Å². The summed E-state index contributed by atoms with van der Waals surface area (Å²) < 4.78 is 53.0. The van der Waals surface area contributed by atoms with E-state index in [0.29, 0.717) is 10.7 Å². The third-order valence-electron chi connectivity index (χ3n) is 3.04. The second-order valence-corrected chi connectivity index (χ2v) is 5.49. The van der Waals surface area contributed by atoms with Crippen molar-refractivity contribution in [3.63, 3.8) is 0 Å². The summed E-state index contributed by atoms with van der Waals surface area (Å²) in [6.45, 7) is -0.0752. The van der Waals surface area contributed by atoms with Crippen molar-refractivity contribution < 1.29 is 17.6 Å². The van der Waals surface area contributed by atoms with E-state index in [9.17, 15) is 17.6 Å². The second kappa shape index (κ2) is 6.33. The van der Waals surface area contributed by atoms with Crippen molar-refractivity contribution in [1.82, 2.24) is 9.97 Å². The van der Waals surface area contributed by atoms with E-state index in [0.717, 1.165) is 5.56 Å². The summed E-state index contributed by atoms with van der Waals surface area (Å²) in [7, 11) is 0. The standard InChI is InChI=1S/C15H9F4N3S/c16-11-13(12(17)15(19)22-14(11)18)20-6-10-21-9(7-23-10)8-4-2-1-3-5-8/h1-5,7H,6H2,(H,20,22). The van der Waals surface area contributed by atoms with Gasteiger partial charge in [0.05, 0.1) is 12.2 Å². The highest BCUT2D eigenvalue weighted by atomic mass is 32.1. The molecule has 3 aromatic rings. The molecule has 0 saturated heterocycles. The number of benzene rings is 1. The van der Waals surface area contributed by atoms with Gasteiger partial charge in [-0.25, -0.2) is 4.98 Å². The van der Waals surface area contributed by atoms with Crippen LogP contribution in [0.1, 0.15) is 5.01 Å². The fraction of sp³-hybridized carbons (Fsp3) is 0.0667. The first kappa shape index (κ1) is 15.4. The van der Waals surface area contributed by atoms with Crippen LogP contribution in [0.3, 0.4) is 0 Å². The van der Waals surface area contributed by atoms with Gasteiger partial charge >= 0.3 is 0 Å². The Balaban J connectivity index is 1.79. The van der Waals surface area contributed by atoms with Gasteiger partial charge in [-0.3, -0.25) is 0 Å². The maximum absolute atomic E-state index is 13.5. The Hall–Kier alpha value is -2.48. The summed E-state index contributed by atoms with van der Waals surface area (Å²) in [6, 6.07) is 9.34. The number of halogens is 4. The van der Waals surface area contributed by atoms with Gasteiger partial charge in [-0.05, 0) is 0 Å². The van der Waals surface area contributed by atoms with E-state index >= 15 is 0 Å². The smallest absolute Gasteiger partial charge is 0.253 e. The van der Waals surface area contributed by atoms with E-state index in [4.69, 9.17) is 0 Å². The number of thiazole rings is 1. The van der Waals surface area contributed by atoms with Crippen LogP contribution in [-0.4, -0.2) is 9.97 Å². The number of hydrogen-bond acceptors (Lipinski definition) is 4. The minimum absolute atomic E-state index is 0.0752. The van der Waals surface area contributed by atoms with Crippen LogP contribution in [0, 0.1) is 23.5 Å². The lowest BCUT2D eigenvalue weighted by Crippen LogP contribution is -2.09.